The first-order chi connectivity index (χ1) is 5.74. The molecule has 0 amide bonds. The van der Waals surface area contributed by atoms with Crippen molar-refractivity contribution in [1.29, 1.82) is 0 Å². The molecular formula is C11H23N. The van der Waals surface area contributed by atoms with Crippen LogP contribution in [0.1, 0.15) is 46.5 Å². The summed E-state index contributed by atoms with van der Waals surface area (Å²) in [5.41, 5.74) is 0. The molecule has 0 aromatic heterocycles. The molecule has 0 spiro atoms. The van der Waals surface area contributed by atoms with Crippen molar-refractivity contribution in [3.05, 3.63) is 0 Å². The van der Waals surface area contributed by atoms with Crippen LogP contribution >= 0.6 is 0 Å². The van der Waals surface area contributed by atoms with Gasteiger partial charge in [-0.05, 0) is 52.1 Å². The van der Waals surface area contributed by atoms with Crippen molar-refractivity contribution in [2.45, 2.75) is 52.5 Å². The molecule has 1 fully saturated rings. The molecule has 0 radical (unpaired) electrons. The van der Waals surface area contributed by atoms with Crippen molar-refractivity contribution in [2.24, 2.45) is 5.92 Å². The fourth-order valence-electron chi connectivity index (χ4n) is 2.11. The van der Waals surface area contributed by atoms with Crippen LogP contribution in [0.5, 0.6) is 0 Å². The van der Waals surface area contributed by atoms with Gasteiger partial charge in [0.25, 0.3) is 0 Å². The minimum absolute atomic E-state index is 0.751. The summed E-state index contributed by atoms with van der Waals surface area (Å²) in [5.74, 6) is 1.01. The standard InChI is InChI=1S/C11H23N/c1-4-11-6-5-8-12(9-7-11)10(2)3/h10-11H,4-9H2,1-3H3. The Bertz CT molecular complexity index is 120. The molecule has 1 rings (SSSR count). The van der Waals surface area contributed by atoms with E-state index in [1.165, 1.54) is 38.8 Å². The summed E-state index contributed by atoms with van der Waals surface area (Å²) in [6.45, 7) is 9.61. The van der Waals surface area contributed by atoms with E-state index in [-0.39, 0.29) is 0 Å². The molecule has 1 heteroatoms. The second-order valence-electron chi connectivity index (χ2n) is 4.33. The van der Waals surface area contributed by atoms with E-state index in [0.717, 1.165) is 12.0 Å². The molecule has 1 saturated heterocycles. The Balaban J connectivity index is 2.34. The zero-order valence-electron chi connectivity index (χ0n) is 8.84. The lowest BCUT2D eigenvalue weighted by molar-refractivity contribution is 0.227. The highest BCUT2D eigenvalue weighted by molar-refractivity contribution is 4.71. The fourth-order valence-corrected chi connectivity index (χ4v) is 2.11. The third kappa shape index (κ3) is 2.78. The van der Waals surface area contributed by atoms with Gasteiger partial charge in [-0.1, -0.05) is 13.3 Å². The van der Waals surface area contributed by atoms with Gasteiger partial charge in [-0.3, -0.25) is 0 Å². The molecule has 1 aliphatic heterocycles. The van der Waals surface area contributed by atoms with Gasteiger partial charge in [-0.2, -0.15) is 0 Å². The molecule has 0 N–H and O–H groups in total. The number of nitrogens with zero attached hydrogens (tertiary/aromatic N) is 1. The Morgan fingerprint density at radius 3 is 2.58 bits per heavy atom. The largest absolute Gasteiger partial charge is 0.301 e. The van der Waals surface area contributed by atoms with Crippen LogP contribution in [-0.4, -0.2) is 24.0 Å². The van der Waals surface area contributed by atoms with E-state index in [9.17, 15) is 0 Å². The van der Waals surface area contributed by atoms with Crippen LogP contribution in [0.2, 0.25) is 0 Å². The summed E-state index contributed by atoms with van der Waals surface area (Å²) >= 11 is 0. The van der Waals surface area contributed by atoms with Crippen LogP contribution in [0, 0.1) is 5.92 Å². The Labute approximate surface area is 77.1 Å². The van der Waals surface area contributed by atoms with Gasteiger partial charge in [0.1, 0.15) is 0 Å². The Kier molecular flexibility index (Phi) is 4.07. The van der Waals surface area contributed by atoms with E-state index < -0.39 is 0 Å². The van der Waals surface area contributed by atoms with E-state index in [1.807, 2.05) is 0 Å². The molecule has 1 nitrogen and oxygen atoms in total. The highest BCUT2D eigenvalue weighted by Gasteiger charge is 2.16. The minimum Gasteiger partial charge on any atom is -0.301 e. The van der Waals surface area contributed by atoms with Crippen molar-refractivity contribution in [3.8, 4) is 0 Å². The van der Waals surface area contributed by atoms with Crippen LogP contribution in [-0.2, 0) is 0 Å². The fraction of sp³-hybridized carbons (Fsp3) is 1.00. The van der Waals surface area contributed by atoms with E-state index in [0.29, 0.717) is 0 Å². The molecule has 0 aliphatic carbocycles. The van der Waals surface area contributed by atoms with Gasteiger partial charge in [0, 0.05) is 6.04 Å². The van der Waals surface area contributed by atoms with E-state index >= 15 is 0 Å². The van der Waals surface area contributed by atoms with Gasteiger partial charge < -0.3 is 4.90 Å². The first-order valence-electron chi connectivity index (χ1n) is 5.48. The first-order valence-corrected chi connectivity index (χ1v) is 5.48. The molecule has 1 unspecified atom stereocenters. The molecule has 0 aromatic carbocycles. The maximum Gasteiger partial charge on any atom is 0.00385 e. The van der Waals surface area contributed by atoms with Gasteiger partial charge in [0.2, 0.25) is 0 Å². The zero-order valence-corrected chi connectivity index (χ0v) is 8.84. The second kappa shape index (κ2) is 4.86. The van der Waals surface area contributed by atoms with Crippen LogP contribution < -0.4 is 0 Å². The molecule has 0 saturated carbocycles. The summed E-state index contributed by atoms with van der Waals surface area (Å²) < 4.78 is 0. The van der Waals surface area contributed by atoms with Crippen LogP contribution in [0.15, 0.2) is 0 Å². The number of likely N-dealkylation sites (tertiary alicyclic amines) is 1. The van der Waals surface area contributed by atoms with Crippen molar-refractivity contribution >= 4 is 0 Å². The molecule has 1 aliphatic rings. The number of hydrogen-bond acceptors (Lipinski definition) is 1. The second-order valence-corrected chi connectivity index (χ2v) is 4.33. The molecule has 1 heterocycles. The van der Waals surface area contributed by atoms with Crippen molar-refractivity contribution in [1.82, 2.24) is 4.90 Å². The summed E-state index contributed by atoms with van der Waals surface area (Å²) in [6, 6.07) is 0.751. The Morgan fingerprint density at radius 1 is 1.25 bits per heavy atom. The van der Waals surface area contributed by atoms with Crippen molar-refractivity contribution < 1.29 is 0 Å². The molecule has 0 bridgehead atoms. The number of rotatable bonds is 2. The highest BCUT2D eigenvalue weighted by Crippen LogP contribution is 2.20. The van der Waals surface area contributed by atoms with E-state index in [1.54, 1.807) is 0 Å². The highest BCUT2D eigenvalue weighted by atomic mass is 15.1. The quantitative estimate of drug-likeness (QED) is 0.614. The predicted octanol–water partition coefficient (Wildman–Crippen LogP) is 2.91. The topological polar surface area (TPSA) is 3.24 Å². The lowest BCUT2D eigenvalue weighted by Crippen LogP contribution is -2.31. The van der Waals surface area contributed by atoms with Gasteiger partial charge in [0.05, 0.1) is 0 Å². The third-order valence-corrected chi connectivity index (χ3v) is 3.19. The maximum absolute atomic E-state index is 2.62. The summed E-state index contributed by atoms with van der Waals surface area (Å²) in [4.78, 5) is 2.62. The van der Waals surface area contributed by atoms with Gasteiger partial charge >= 0.3 is 0 Å². The Morgan fingerprint density at radius 2 is 2.00 bits per heavy atom. The molecule has 72 valence electrons. The van der Waals surface area contributed by atoms with Crippen molar-refractivity contribution in [3.63, 3.8) is 0 Å². The van der Waals surface area contributed by atoms with E-state index in [2.05, 4.69) is 25.7 Å². The minimum atomic E-state index is 0.751. The van der Waals surface area contributed by atoms with Crippen LogP contribution in [0.25, 0.3) is 0 Å². The maximum atomic E-state index is 2.62. The molecule has 1 atom stereocenters. The van der Waals surface area contributed by atoms with Crippen LogP contribution in [0.4, 0.5) is 0 Å². The lowest BCUT2D eigenvalue weighted by Gasteiger charge is -2.24. The molecule has 0 aromatic rings. The first kappa shape index (κ1) is 10.0. The third-order valence-electron chi connectivity index (χ3n) is 3.19. The Hall–Kier alpha value is -0.0400. The van der Waals surface area contributed by atoms with Gasteiger partial charge in [-0.25, -0.2) is 0 Å². The zero-order chi connectivity index (χ0) is 8.97. The average molecular weight is 169 g/mol. The number of hydrogen-bond donors (Lipinski definition) is 0. The normalized spacial score (nSPS) is 27.5. The monoisotopic (exact) mass is 169 g/mol. The summed E-state index contributed by atoms with van der Waals surface area (Å²) in [6.07, 6.45) is 5.68. The molecule has 12 heavy (non-hydrogen) atoms. The predicted molar refractivity (Wildman–Crippen MR) is 54.3 cm³/mol. The van der Waals surface area contributed by atoms with Gasteiger partial charge in [-0.15, -0.1) is 0 Å². The average Bonchev–Trinajstić information content (AvgIpc) is 2.28. The SMILES string of the molecule is CCC1CCCN(C(C)C)CC1. The van der Waals surface area contributed by atoms with Gasteiger partial charge in [0.15, 0.2) is 0 Å². The smallest absolute Gasteiger partial charge is 0.00385 e. The van der Waals surface area contributed by atoms with Crippen molar-refractivity contribution in [2.75, 3.05) is 13.1 Å². The molecular weight excluding hydrogens is 146 g/mol. The lowest BCUT2D eigenvalue weighted by atomic mass is 9.98. The van der Waals surface area contributed by atoms with E-state index in [4.69, 9.17) is 0 Å². The van der Waals surface area contributed by atoms with Crippen LogP contribution in [0.3, 0.4) is 0 Å². The summed E-state index contributed by atoms with van der Waals surface area (Å²) in [7, 11) is 0. The summed E-state index contributed by atoms with van der Waals surface area (Å²) in [5, 5.41) is 0.